The van der Waals surface area contributed by atoms with Crippen molar-refractivity contribution in [3.63, 3.8) is 0 Å². The molecule has 0 radical (unpaired) electrons. The van der Waals surface area contributed by atoms with Crippen molar-refractivity contribution in [2.75, 3.05) is 0 Å². The van der Waals surface area contributed by atoms with Crippen molar-refractivity contribution in [1.29, 1.82) is 5.41 Å². The van der Waals surface area contributed by atoms with Crippen molar-refractivity contribution in [1.82, 2.24) is 9.55 Å². The molecule has 1 heterocycles. The van der Waals surface area contributed by atoms with Crippen LogP contribution in [-0.2, 0) is 12.8 Å². The van der Waals surface area contributed by atoms with Gasteiger partial charge in [0.15, 0.2) is 0 Å². The van der Waals surface area contributed by atoms with Crippen LogP contribution in [0.4, 0.5) is 0 Å². The lowest BCUT2D eigenvalue weighted by Gasteiger charge is -2.17. The van der Waals surface area contributed by atoms with E-state index < -0.39 is 0 Å². The first-order chi connectivity index (χ1) is 9.18. The van der Waals surface area contributed by atoms with Crippen LogP contribution in [0.25, 0.3) is 5.69 Å². The summed E-state index contributed by atoms with van der Waals surface area (Å²) in [5.74, 6) is 0.0701. The number of fused-ring (bicyclic) bond motifs is 1. The summed E-state index contributed by atoms with van der Waals surface area (Å²) >= 11 is 3.47. The molecule has 0 spiro atoms. The average Bonchev–Trinajstić information content (AvgIpc) is 2.81. The maximum atomic E-state index is 7.77. The summed E-state index contributed by atoms with van der Waals surface area (Å²) in [5.41, 5.74) is 9.81. The Balaban J connectivity index is 2.20. The Hall–Kier alpha value is -1.62. The van der Waals surface area contributed by atoms with Gasteiger partial charge in [-0.15, -0.1) is 0 Å². The molecule has 1 aliphatic rings. The Morgan fingerprint density at radius 1 is 1.32 bits per heavy atom. The summed E-state index contributed by atoms with van der Waals surface area (Å²) in [6.07, 6.45) is 6.35. The van der Waals surface area contributed by atoms with Crippen LogP contribution in [0.5, 0.6) is 0 Å². The summed E-state index contributed by atoms with van der Waals surface area (Å²) in [7, 11) is 0. The molecular formula is C14H15BrN4. The van der Waals surface area contributed by atoms with E-state index in [0.29, 0.717) is 0 Å². The maximum absolute atomic E-state index is 7.77. The van der Waals surface area contributed by atoms with E-state index in [1.165, 1.54) is 24.2 Å². The lowest BCUT2D eigenvalue weighted by atomic mass is 10.0. The molecule has 1 aliphatic carbocycles. The maximum Gasteiger partial charge on any atom is 0.126 e. The number of aryl methyl sites for hydroxylation is 1. The smallest absolute Gasteiger partial charge is 0.126 e. The summed E-state index contributed by atoms with van der Waals surface area (Å²) in [6, 6.07) is 5.85. The lowest BCUT2D eigenvalue weighted by Crippen LogP contribution is -2.17. The van der Waals surface area contributed by atoms with Gasteiger partial charge in [0.25, 0.3) is 0 Å². The van der Waals surface area contributed by atoms with Crippen molar-refractivity contribution in [2.24, 2.45) is 5.73 Å². The molecule has 2 aromatic rings. The first-order valence-electron chi connectivity index (χ1n) is 6.37. The topological polar surface area (TPSA) is 67.7 Å². The van der Waals surface area contributed by atoms with Gasteiger partial charge in [-0.1, -0.05) is 6.07 Å². The van der Waals surface area contributed by atoms with Crippen LogP contribution in [0.15, 0.2) is 29.0 Å². The molecule has 3 rings (SSSR count). The number of halogens is 1. The molecule has 0 fully saturated rings. The molecule has 98 valence electrons. The highest BCUT2D eigenvalue weighted by molar-refractivity contribution is 9.10. The third-order valence-corrected chi connectivity index (χ3v) is 4.21. The fourth-order valence-electron chi connectivity index (χ4n) is 2.66. The fraction of sp³-hybridized carbons (Fsp3) is 0.286. The highest BCUT2D eigenvalue weighted by Gasteiger charge is 2.19. The number of imidazole rings is 1. The Morgan fingerprint density at radius 3 is 2.89 bits per heavy atom. The summed E-state index contributed by atoms with van der Waals surface area (Å²) in [4.78, 5) is 4.50. The Kier molecular flexibility index (Phi) is 3.14. The van der Waals surface area contributed by atoms with Gasteiger partial charge < -0.3 is 10.3 Å². The molecule has 0 unspecified atom stereocenters. The van der Waals surface area contributed by atoms with E-state index in [1.807, 2.05) is 24.5 Å². The Bertz CT molecular complexity index is 645. The van der Waals surface area contributed by atoms with Gasteiger partial charge in [0.2, 0.25) is 0 Å². The molecule has 3 N–H and O–H groups in total. The third kappa shape index (κ3) is 2.08. The molecule has 4 nitrogen and oxygen atoms in total. The van der Waals surface area contributed by atoms with Gasteiger partial charge in [-0.2, -0.15) is 0 Å². The van der Waals surface area contributed by atoms with Gasteiger partial charge in [0, 0.05) is 10.2 Å². The van der Waals surface area contributed by atoms with Crippen LogP contribution in [0.2, 0.25) is 0 Å². The Morgan fingerprint density at radius 2 is 2.11 bits per heavy atom. The minimum absolute atomic E-state index is 0.0701. The fourth-order valence-corrected chi connectivity index (χ4v) is 3.23. The first kappa shape index (κ1) is 12.4. The normalized spacial score (nSPS) is 14.2. The molecule has 1 aromatic carbocycles. The van der Waals surface area contributed by atoms with Crippen LogP contribution >= 0.6 is 15.9 Å². The number of amidine groups is 1. The van der Waals surface area contributed by atoms with Crippen LogP contribution < -0.4 is 5.73 Å². The molecule has 0 atom stereocenters. The highest BCUT2D eigenvalue weighted by Crippen LogP contribution is 2.28. The number of hydrogen-bond donors (Lipinski definition) is 2. The minimum atomic E-state index is 0.0701. The quantitative estimate of drug-likeness (QED) is 0.660. The van der Waals surface area contributed by atoms with Crippen molar-refractivity contribution in [2.45, 2.75) is 25.7 Å². The van der Waals surface area contributed by atoms with E-state index in [2.05, 4.69) is 25.5 Å². The molecule has 0 saturated carbocycles. The first-order valence-corrected chi connectivity index (χ1v) is 7.16. The number of nitrogen functional groups attached to an aromatic ring is 1. The van der Waals surface area contributed by atoms with E-state index in [1.54, 1.807) is 0 Å². The second kappa shape index (κ2) is 4.81. The van der Waals surface area contributed by atoms with Gasteiger partial charge >= 0.3 is 0 Å². The largest absolute Gasteiger partial charge is 0.384 e. The van der Waals surface area contributed by atoms with E-state index in [-0.39, 0.29) is 5.84 Å². The lowest BCUT2D eigenvalue weighted by molar-refractivity contribution is 0.656. The number of nitrogens with zero attached hydrogens (tertiary/aromatic N) is 2. The zero-order valence-electron chi connectivity index (χ0n) is 10.5. The van der Waals surface area contributed by atoms with Crippen molar-refractivity contribution < 1.29 is 0 Å². The third-order valence-electron chi connectivity index (χ3n) is 3.55. The Labute approximate surface area is 120 Å². The number of aromatic nitrogens is 2. The molecule has 19 heavy (non-hydrogen) atoms. The monoisotopic (exact) mass is 318 g/mol. The zero-order chi connectivity index (χ0) is 13.4. The number of nitrogens with two attached hydrogens (primary N) is 1. The molecule has 0 bridgehead atoms. The van der Waals surface area contributed by atoms with E-state index in [4.69, 9.17) is 11.1 Å². The number of hydrogen-bond acceptors (Lipinski definition) is 2. The molecular weight excluding hydrogens is 304 g/mol. The predicted octanol–water partition coefficient (Wildman–Crippen LogP) is 2.80. The van der Waals surface area contributed by atoms with Crippen LogP contribution in [-0.4, -0.2) is 15.4 Å². The molecule has 0 saturated heterocycles. The standard InChI is InChI=1S/C14H15BrN4/c15-9-4-3-7-12(13(9)14(16)17)19-8-18-10-5-1-2-6-11(10)19/h3-4,7-8H,1-2,5-6H2,(H3,16,17). The number of nitrogens with one attached hydrogen (secondary N) is 1. The van der Waals surface area contributed by atoms with Crippen LogP contribution in [0.1, 0.15) is 29.8 Å². The van der Waals surface area contributed by atoms with E-state index in [0.717, 1.165) is 28.6 Å². The number of rotatable bonds is 2. The SMILES string of the molecule is N=C(N)c1c(Br)cccc1-n1cnc2c1CCCC2. The van der Waals surface area contributed by atoms with E-state index in [9.17, 15) is 0 Å². The molecule has 1 aromatic heterocycles. The predicted molar refractivity (Wildman–Crippen MR) is 78.9 cm³/mol. The van der Waals surface area contributed by atoms with Crippen molar-refractivity contribution in [3.8, 4) is 5.69 Å². The van der Waals surface area contributed by atoms with Gasteiger partial charge in [-0.3, -0.25) is 5.41 Å². The van der Waals surface area contributed by atoms with Crippen molar-refractivity contribution >= 4 is 21.8 Å². The van der Waals surface area contributed by atoms with Gasteiger partial charge in [-0.05, 0) is 53.7 Å². The average molecular weight is 319 g/mol. The van der Waals surface area contributed by atoms with Crippen molar-refractivity contribution in [3.05, 3.63) is 46.0 Å². The molecule has 0 aliphatic heterocycles. The zero-order valence-corrected chi connectivity index (χ0v) is 12.1. The summed E-state index contributed by atoms with van der Waals surface area (Å²) in [5, 5.41) is 7.77. The number of benzene rings is 1. The summed E-state index contributed by atoms with van der Waals surface area (Å²) in [6.45, 7) is 0. The van der Waals surface area contributed by atoms with Gasteiger partial charge in [0.1, 0.15) is 5.84 Å². The second-order valence-corrected chi connectivity index (χ2v) is 5.62. The van der Waals surface area contributed by atoms with Gasteiger partial charge in [0.05, 0.1) is 23.3 Å². The van der Waals surface area contributed by atoms with Crippen LogP contribution in [0.3, 0.4) is 0 Å². The molecule has 5 heteroatoms. The highest BCUT2D eigenvalue weighted by atomic mass is 79.9. The minimum Gasteiger partial charge on any atom is -0.384 e. The van der Waals surface area contributed by atoms with Gasteiger partial charge in [-0.25, -0.2) is 4.98 Å². The van der Waals surface area contributed by atoms with Crippen LogP contribution in [0, 0.1) is 5.41 Å². The summed E-state index contributed by atoms with van der Waals surface area (Å²) < 4.78 is 2.92. The van der Waals surface area contributed by atoms with E-state index >= 15 is 0 Å². The molecule has 0 amide bonds. The second-order valence-electron chi connectivity index (χ2n) is 4.76.